The highest BCUT2D eigenvalue weighted by Crippen LogP contribution is 2.33. The summed E-state index contributed by atoms with van der Waals surface area (Å²) in [6.45, 7) is 0. The molecule has 36 heavy (non-hydrogen) atoms. The van der Waals surface area contributed by atoms with Gasteiger partial charge in [0.2, 0.25) is 5.17 Å². The van der Waals surface area contributed by atoms with Gasteiger partial charge in [-0.3, -0.25) is 15.2 Å². The number of fused-ring (bicyclic) bond motifs is 1. The monoisotopic (exact) mass is 501 g/mol. The van der Waals surface area contributed by atoms with Crippen molar-refractivity contribution in [2.24, 2.45) is 10.1 Å². The van der Waals surface area contributed by atoms with Crippen molar-refractivity contribution < 1.29 is 23.5 Å². The van der Waals surface area contributed by atoms with Gasteiger partial charge in [-0.2, -0.15) is 15.1 Å². The highest BCUT2D eigenvalue weighted by atomic mass is 32.2. The van der Waals surface area contributed by atoms with E-state index in [4.69, 9.17) is 14.9 Å². The third-order valence-electron chi connectivity index (χ3n) is 5.14. The normalized spacial score (nSPS) is 15.9. The van der Waals surface area contributed by atoms with Crippen LogP contribution in [0.5, 0.6) is 11.5 Å². The number of nitrogens with zero attached hydrogens (tertiary/aromatic N) is 4. The number of carbonyl (C=O) groups excluding carboxylic acids is 2. The van der Waals surface area contributed by atoms with E-state index < -0.39 is 17.7 Å². The minimum Gasteiger partial charge on any atom is -0.493 e. The molecule has 11 heteroatoms. The van der Waals surface area contributed by atoms with Crippen LogP contribution in [0.25, 0.3) is 6.08 Å². The van der Waals surface area contributed by atoms with Gasteiger partial charge in [0, 0.05) is 18.0 Å². The number of carbonyl (C=O) groups is 2. The number of pyridine rings is 1. The average Bonchev–Trinajstić information content (AvgIpc) is 3.32. The van der Waals surface area contributed by atoms with E-state index >= 15 is 0 Å². The Kier molecular flexibility index (Phi) is 6.13. The number of hydrogen-bond acceptors (Lipinski definition) is 8. The van der Waals surface area contributed by atoms with E-state index in [9.17, 15) is 14.0 Å². The molecule has 1 aromatic heterocycles. The number of ether oxygens (including phenoxy) is 2. The highest BCUT2D eigenvalue weighted by Gasteiger charge is 2.36. The van der Waals surface area contributed by atoms with E-state index in [0.717, 1.165) is 17.7 Å². The zero-order valence-electron chi connectivity index (χ0n) is 18.6. The summed E-state index contributed by atoms with van der Waals surface area (Å²) >= 11 is 1.18. The average molecular weight is 501 g/mol. The lowest BCUT2D eigenvalue weighted by Gasteiger charge is -2.20. The minimum atomic E-state index is -0.681. The molecule has 0 saturated carbocycles. The number of aromatic nitrogens is 1. The van der Waals surface area contributed by atoms with Crippen molar-refractivity contribution in [3.63, 3.8) is 0 Å². The molecule has 3 aromatic rings. The Hall–Kier alpha value is -4.64. The van der Waals surface area contributed by atoms with Gasteiger partial charge in [-0.25, -0.2) is 9.18 Å². The second kappa shape index (κ2) is 9.55. The van der Waals surface area contributed by atoms with E-state index in [2.05, 4.69) is 15.1 Å². The van der Waals surface area contributed by atoms with Crippen molar-refractivity contribution in [3.05, 3.63) is 95.1 Å². The predicted octanol–water partition coefficient (Wildman–Crippen LogP) is 4.12. The maximum Gasteiger partial charge on any atom is 0.343 e. The summed E-state index contributed by atoms with van der Waals surface area (Å²) in [6.07, 6.45) is 4.77. The van der Waals surface area contributed by atoms with Crippen molar-refractivity contribution in [1.82, 2.24) is 9.99 Å². The third-order valence-corrected chi connectivity index (χ3v) is 6.10. The molecule has 178 valence electrons. The van der Waals surface area contributed by atoms with Gasteiger partial charge in [0.05, 0.1) is 18.2 Å². The number of halogens is 1. The summed E-state index contributed by atoms with van der Waals surface area (Å²) in [5.74, 6) is -1.48. The molecular weight excluding hydrogens is 485 g/mol. The molecular formula is C25H16FN5O4S. The van der Waals surface area contributed by atoms with Gasteiger partial charge < -0.3 is 9.47 Å². The number of aliphatic imine (C=N–C) groups is 1. The lowest BCUT2D eigenvalue weighted by atomic mass is 10.1. The third kappa shape index (κ3) is 4.51. The largest absolute Gasteiger partial charge is 0.493 e. The maximum atomic E-state index is 13.1. The van der Waals surface area contributed by atoms with E-state index in [1.807, 2.05) is 6.07 Å². The first-order valence-electron chi connectivity index (χ1n) is 10.5. The van der Waals surface area contributed by atoms with Crippen molar-refractivity contribution >= 4 is 45.8 Å². The maximum absolute atomic E-state index is 13.1. The molecule has 0 spiro atoms. The van der Waals surface area contributed by atoms with E-state index in [0.29, 0.717) is 15.8 Å². The molecule has 0 saturated heterocycles. The first kappa shape index (κ1) is 23.1. The number of methoxy groups -OCH3 is 1. The fourth-order valence-electron chi connectivity index (χ4n) is 3.37. The van der Waals surface area contributed by atoms with Gasteiger partial charge in [-0.15, -0.1) is 0 Å². The second-order valence-corrected chi connectivity index (χ2v) is 8.43. The number of benzene rings is 2. The van der Waals surface area contributed by atoms with Gasteiger partial charge in [-0.1, -0.05) is 6.07 Å². The standard InChI is InChI=1S/C25H16FN5O4S/c1-34-20-12-14(4-9-19(20)35-24(33)15-5-7-17(26)8-6-15)11-18-21(27)31-25(29-22(18)32)36-23(30-31)16-3-2-10-28-13-16/h2-13,27H,1H3. The summed E-state index contributed by atoms with van der Waals surface area (Å²) in [7, 11) is 1.40. The first-order chi connectivity index (χ1) is 17.4. The Balaban J connectivity index is 1.39. The van der Waals surface area contributed by atoms with E-state index in [1.54, 1.807) is 30.6 Å². The van der Waals surface area contributed by atoms with Gasteiger partial charge in [0.25, 0.3) is 5.91 Å². The topological polar surface area (TPSA) is 117 Å². The Labute approximate surface area is 208 Å². The molecule has 0 aliphatic carbocycles. The summed E-state index contributed by atoms with van der Waals surface area (Å²) < 4.78 is 23.8. The Morgan fingerprint density at radius 1 is 1.14 bits per heavy atom. The van der Waals surface area contributed by atoms with Crippen LogP contribution in [0.2, 0.25) is 0 Å². The van der Waals surface area contributed by atoms with Crippen LogP contribution in [-0.2, 0) is 4.79 Å². The lowest BCUT2D eigenvalue weighted by Crippen LogP contribution is -2.35. The fraction of sp³-hybridized carbons (Fsp3) is 0.0400. The molecule has 0 bridgehead atoms. The van der Waals surface area contributed by atoms with Crippen LogP contribution in [0.3, 0.4) is 0 Å². The zero-order chi connectivity index (χ0) is 25.2. The smallest absolute Gasteiger partial charge is 0.343 e. The SMILES string of the molecule is COc1cc(C=C2C(=N)N3N=C(c4cccnc4)SC3=NC2=O)ccc1OC(=O)c1ccc(F)cc1. The van der Waals surface area contributed by atoms with Crippen LogP contribution in [0, 0.1) is 11.2 Å². The summed E-state index contributed by atoms with van der Waals surface area (Å²) in [6, 6.07) is 13.2. The van der Waals surface area contributed by atoms with Gasteiger partial charge in [0.1, 0.15) is 10.9 Å². The van der Waals surface area contributed by atoms with Gasteiger partial charge in [0.15, 0.2) is 17.3 Å². The van der Waals surface area contributed by atoms with Crippen molar-refractivity contribution in [1.29, 1.82) is 5.41 Å². The van der Waals surface area contributed by atoms with Crippen molar-refractivity contribution in [2.45, 2.75) is 0 Å². The number of thioether (sulfide) groups is 1. The lowest BCUT2D eigenvalue weighted by molar-refractivity contribution is -0.114. The second-order valence-electron chi connectivity index (χ2n) is 7.47. The van der Waals surface area contributed by atoms with E-state index in [1.165, 1.54) is 48.2 Å². The minimum absolute atomic E-state index is 0.0358. The number of nitrogens with one attached hydrogen (secondary N) is 1. The van der Waals surface area contributed by atoms with Crippen LogP contribution < -0.4 is 9.47 Å². The molecule has 1 N–H and O–H groups in total. The Bertz CT molecular complexity index is 1490. The van der Waals surface area contributed by atoms with Crippen LogP contribution in [0.1, 0.15) is 21.5 Å². The zero-order valence-corrected chi connectivity index (χ0v) is 19.5. The van der Waals surface area contributed by atoms with Gasteiger partial charge in [-0.05, 0) is 71.9 Å². The van der Waals surface area contributed by atoms with Crippen LogP contribution >= 0.6 is 11.8 Å². The summed E-state index contributed by atoms with van der Waals surface area (Å²) in [5, 5.41) is 15.1. The summed E-state index contributed by atoms with van der Waals surface area (Å²) in [4.78, 5) is 33.3. The number of esters is 1. The number of amides is 1. The number of rotatable bonds is 5. The molecule has 2 aliphatic rings. The highest BCUT2D eigenvalue weighted by molar-refractivity contribution is 8.27. The first-order valence-corrected chi connectivity index (χ1v) is 11.3. The van der Waals surface area contributed by atoms with Crippen LogP contribution in [0.4, 0.5) is 4.39 Å². The molecule has 5 rings (SSSR count). The molecule has 1 amide bonds. The number of hydrazone groups is 1. The van der Waals surface area contributed by atoms with Crippen molar-refractivity contribution in [3.8, 4) is 11.5 Å². The molecule has 9 nitrogen and oxygen atoms in total. The van der Waals surface area contributed by atoms with Crippen LogP contribution in [-0.4, -0.2) is 45.0 Å². The molecule has 0 atom stereocenters. The molecule has 2 aromatic carbocycles. The molecule has 3 heterocycles. The number of hydrogen-bond donors (Lipinski definition) is 1. The van der Waals surface area contributed by atoms with E-state index in [-0.39, 0.29) is 28.5 Å². The van der Waals surface area contributed by atoms with Gasteiger partial charge >= 0.3 is 5.97 Å². The molecule has 0 radical (unpaired) electrons. The van der Waals surface area contributed by atoms with Crippen molar-refractivity contribution in [2.75, 3.05) is 7.11 Å². The summed E-state index contributed by atoms with van der Waals surface area (Å²) in [5.41, 5.74) is 1.48. The quantitative estimate of drug-likeness (QED) is 0.318. The predicted molar refractivity (Wildman–Crippen MR) is 133 cm³/mol. The fourth-order valence-corrected chi connectivity index (χ4v) is 4.25. The Morgan fingerprint density at radius 2 is 1.94 bits per heavy atom. The molecule has 0 fully saturated rings. The Morgan fingerprint density at radius 3 is 2.67 bits per heavy atom. The number of amidine groups is 2. The van der Waals surface area contributed by atoms with Crippen LogP contribution in [0.15, 0.2) is 82.7 Å². The molecule has 0 unspecified atom stereocenters. The molecule has 2 aliphatic heterocycles.